The maximum Gasteiger partial charge on any atom is 0.253 e. The van der Waals surface area contributed by atoms with Crippen LogP contribution < -0.4 is 5.43 Å². The largest absolute Gasteiger partial charge is 0.272 e. The molecule has 3 nitrogen and oxygen atoms in total. The van der Waals surface area contributed by atoms with Gasteiger partial charge in [0.05, 0.1) is 5.25 Å². The van der Waals surface area contributed by atoms with Crippen LogP contribution in [0.3, 0.4) is 0 Å². The predicted molar refractivity (Wildman–Crippen MR) is 103 cm³/mol. The Morgan fingerprint density at radius 1 is 1.21 bits per heavy atom. The molecule has 0 radical (unpaired) electrons. The SMILES string of the molecule is Cc1ccc(S[C@H](C)C(=O)NN=C2CCC(C(C)(C)C)CC2)cc1. The van der Waals surface area contributed by atoms with Crippen LogP contribution in [0.4, 0.5) is 0 Å². The lowest BCUT2D eigenvalue weighted by molar-refractivity contribution is -0.120. The molecule has 1 fully saturated rings. The molecule has 0 aromatic heterocycles. The Morgan fingerprint density at radius 3 is 2.33 bits per heavy atom. The molecule has 1 atom stereocenters. The summed E-state index contributed by atoms with van der Waals surface area (Å²) in [7, 11) is 0. The molecule has 0 aliphatic heterocycles. The molecule has 1 aliphatic carbocycles. The lowest BCUT2D eigenvalue weighted by Crippen LogP contribution is -2.30. The van der Waals surface area contributed by atoms with E-state index in [0.29, 0.717) is 5.41 Å². The first-order chi connectivity index (χ1) is 11.3. The minimum Gasteiger partial charge on any atom is -0.272 e. The Morgan fingerprint density at radius 2 is 1.79 bits per heavy atom. The van der Waals surface area contributed by atoms with Crippen LogP contribution in [0.5, 0.6) is 0 Å². The van der Waals surface area contributed by atoms with Crippen LogP contribution in [-0.2, 0) is 4.79 Å². The lowest BCUT2D eigenvalue weighted by atomic mass is 9.72. The highest BCUT2D eigenvalue weighted by atomic mass is 32.2. The standard InChI is InChI=1S/C20H30N2OS/c1-14-6-12-18(13-7-14)24-15(2)19(23)22-21-17-10-8-16(9-11-17)20(3,4)5/h6-7,12-13,15-16H,8-11H2,1-5H3,(H,22,23)/t15-,16?/m1/s1. The molecule has 1 aliphatic rings. The van der Waals surface area contributed by atoms with Gasteiger partial charge in [-0.25, -0.2) is 5.43 Å². The van der Waals surface area contributed by atoms with Crippen LogP contribution >= 0.6 is 11.8 Å². The molecule has 1 aromatic rings. The number of thioether (sulfide) groups is 1. The van der Waals surface area contributed by atoms with Crippen molar-refractivity contribution >= 4 is 23.4 Å². The topological polar surface area (TPSA) is 41.5 Å². The Balaban J connectivity index is 1.81. The molecule has 1 saturated carbocycles. The van der Waals surface area contributed by atoms with Gasteiger partial charge in [0, 0.05) is 10.6 Å². The van der Waals surface area contributed by atoms with Gasteiger partial charge < -0.3 is 0 Å². The van der Waals surface area contributed by atoms with Gasteiger partial charge in [-0.2, -0.15) is 5.10 Å². The molecular formula is C20H30N2OS. The molecule has 0 unspecified atom stereocenters. The van der Waals surface area contributed by atoms with Crippen molar-refractivity contribution in [2.75, 3.05) is 0 Å². The summed E-state index contributed by atoms with van der Waals surface area (Å²) in [5, 5.41) is 4.23. The van der Waals surface area contributed by atoms with Gasteiger partial charge in [0.1, 0.15) is 0 Å². The zero-order chi connectivity index (χ0) is 17.7. The van der Waals surface area contributed by atoms with E-state index in [1.807, 2.05) is 6.92 Å². The third-order valence-corrected chi connectivity index (χ3v) is 5.93. The maximum absolute atomic E-state index is 12.2. The molecule has 1 N–H and O–H groups in total. The number of hydrogen-bond acceptors (Lipinski definition) is 3. The molecule has 1 amide bonds. The summed E-state index contributed by atoms with van der Waals surface area (Å²) in [4.78, 5) is 13.4. The highest BCUT2D eigenvalue weighted by molar-refractivity contribution is 8.00. The van der Waals surface area contributed by atoms with Crippen molar-refractivity contribution < 1.29 is 4.79 Å². The number of nitrogens with one attached hydrogen (secondary N) is 1. The van der Waals surface area contributed by atoms with E-state index >= 15 is 0 Å². The molecule has 1 aromatic carbocycles. The van der Waals surface area contributed by atoms with Crippen LogP contribution in [0.2, 0.25) is 0 Å². The van der Waals surface area contributed by atoms with E-state index in [9.17, 15) is 4.79 Å². The Bertz CT molecular complexity index is 577. The fourth-order valence-corrected chi connectivity index (χ4v) is 3.89. The summed E-state index contributed by atoms with van der Waals surface area (Å²) in [5.74, 6) is 0.731. The van der Waals surface area contributed by atoms with E-state index in [1.165, 1.54) is 18.4 Å². The number of carbonyl (C=O) groups excluding carboxylic acids is 1. The van der Waals surface area contributed by atoms with Gasteiger partial charge >= 0.3 is 0 Å². The van der Waals surface area contributed by atoms with Crippen LogP contribution in [0.25, 0.3) is 0 Å². The molecule has 0 saturated heterocycles. The van der Waals surface area contributed by atoms with Gasteiger partial charge in [0.25, 0.3) is 5.91 Å². The number of aryl methyl sites for hydroxylation is 1. The van der Waals surface area contributed by atoms with E-state index in [-0.39, 0.29) is 11.2 Å². The number of benzene rings is 1. The van der Waals surface area contributed by atoms with Crippen LogP contribution in [0, 0.1) is 18.3 Å². The molecule has 0 bridgehead atoms. The van der Waals surface area contributed by atoms with Crippen molar-refractivity contribution in [2.24, 2.45) is 16.4 Å². The van der Waals surface area contributed by atoms with Crippen molar-refractivity contribution in [3.05, 3.63) is 29.8 Å². The van der Waals surface area contributed by atoms with Gasteiger partial charge in [-0.15, -0.1) is 11.8 Å². The second-order valence-corrected chi connectivity index (χ2v) is 9.28. The summed E-state index contributed by atoms with van der Waals surface area (Å²) >= 11 is 1.57. The summed E-state index contributed by atoms with van der Waals surface area (Å²) in [6.45, 7) is 10.9. The van der Waals surface area contributed by atoms with Crippen LogP contribution in [0.1, 0.15) is 58.9 Å². The molecule has 0 heterocycles. The number of hydrogen-bond donors (Lipinski definition) is 1. The van der Waals surface area contributed by atoms with Gasteiger partial charge in [-0.3, -0.25) is 4.79 Å². The number of hydrazone groups is 1. The van der Waals surface area contributed by atoms with E-state index in [2.05, 4.69) is 62.5 Å². The van der Waals surface area contributed by atoms with E-state index in [1.54, 1.807) is 11.8 Å². The molecular weight excluding hydrogens is 316 g/mol. The van der Waals surface area contributed by atoms with Crippen LogP contribution in [-0.4, -0.2) is 16.9 Å². The van der Waals surface area contributed by atoms with Crippen LogP contribution in [0.15, 0.2) is 34.3 Å². The molecule has 24 heavy (non-hydrogen) atoms. The van der Waals surface area contributed by atoms with Crippen molar-refractivity contribution in [3.8, 4) is 0 Å². The number of nitrogens with zero attached hydrogens (tertiary/aromatic N) is 1. The minimum absolute atomic E-state index is 0.0222. The Hall–Kier alpha value is -1.29. The number of carbonyl (C=O) groups is 1. The summed E-state index contributed by atoms with van der Waals surface area (Å²) in [6, 6.07) is 8.26. The first-order valence-electron chi connectivity index (χ1n) is 8.84. The highest BCUT2D eigenvalue weighted by Crippen LogP contribution is 2.36. The average Bonchev–Trinajstić information content (AvgIpc) is 2.54. The zero-order valence-corrected chi connectivity index (χ0v) is 16.4. The monoisotopic (exact) mass is 346 g/mol. The third-order valence-electron chi connectivity index (χ3n) is 4.81. The Labute approximate surface area is 150 Å². The summed E-state index contributed by atoms with van der Waals surface area (Å²) in [5.41, 5.74) is 5.50. The smallest absolute Gasteiger partial charge is 0.253 e. The minimum atomic E-state index is -0.150. The van der Waals surface area contributed by atoms with E-state index in [4.69, 9.17) is 0 Å². The highest BCUT2D eigenvalue weighted by Gasteiger charge is 2.28. The summed E-state index contributed by atoms with van der Waals surface area (Å²) in [6.07, 6.45) is 4.35. The second kappa shape index (κ2) is 8.19. The maximum atomic E-state index is 12.2. The normalized spacial score (nSPS) is 19.7. The first-order valence-corrected chi connectivity index (χ1v) is 9.72. The molecule has 0 spiro atoms. The molecule has 132 valence electrons. The van der Waals surface area contributed by atoms with Crippen molar-refractivity contribution in [1.29, 1.82) is 0 Å². The van der Waals surface area contributed by atoms with E-state index < -0.39 is 0 Å². The third kappa shape index (κ3) is 5.66. The lowest BCUT2D eigenvalue weighted by Gasteiger charge is -2.34. The van der Waals surface area contributed by atoms with Crippen molar-refractivity contribution in [1.82, 2.24) is 5.43 Å². The zero-order valence-electron chi connectivity index (χ0n) is 15.6. The van der Waals surface area contributed by atoms with Gasteiger partial charge in [-0.05, 0) is 63.0 Å². The van der Waals surface area contributed by atoms with Gasteiger partial charge in [0.2, 0.25) is 0 Å². The fourth-order valence-electron chi connectivity index (χ4n) is 3.03. The number of rotatable bonds is 4. The van der Waals surface area contributed by atoms with E-state index in [0.717, 1.165) is 29.4 Å². The van der Waals surface area contributed by atoms with Gasteiger partial charge in [0.15, 0.2) is 0 Å². The van der Waals surface area contributed by atoms with Gasteiger partial charge in [-0.1, -0.05) is 38.5 Å². The second-order valence-electron chi connectivity index (χ2n) is 7.87. The quantitative estimate of drug-likeness (QED) is 0.602. The van der Waals surface area contributed by atoms with Crippen molar-refractivity contribution in [3.63, 3.8) is 0 Å². The fraction of sp³-hybridized carbons (Fsp3) is 0.600. The first kappa shape index (κ1) is 19.0. The molecule has 2 rings (SSSR count). The predicted octanol–water partition coefficient (Wildman–Crippen LogP) is 5.18. The summed E-state index contributed by atoms with van der Waals surface area (Å²) < 4.78 is 0. The molecule has 4 heteroatoms. The van der Waals surface area contributed by atoms with Crippen molar-refractivity contribution in [2.45, 2.75) is 70.4 Å². The average molecular weight is 347 g/mol. The Kier molecular flexibility index (Phi) is 6.50. The number of amides is 1.